The van der Waals surface area contributed by atoms with Crippen molar-refractivity contribution in [2.45, 2.75) is 39.2 Å². The molecule has 20 heavy (non-hydrogen) atoms. The van der Waals surface area contributed by atoms with Crippen molar-refractivity contribution in [2.75, 3.05) is 36.5 Å². The third-order valence-electron chi connectivity index (χ3n) is 3.49. The van der Waals surface area contributed by atoms with E-state index in [1.165, 1.54) is 0 Å². The molecule has 1 atom stereocenters. The molecule has 0 bridgehead atoms. The molecule has 2 heterocycles. The smallest absolute Gasteiger partial charge is 0.231 e. The highest BCUT2D eigenvalue weighted by Crippen LogP contribution is 2.23. The Kier molecular flexibility index (Phi) is 4.99. The van der Waals surface area contributed by atoms with E-state index in [9.17, 15) is 0 Å². The zero-order valence-corrected chi connectivity index (χ0v) is 13.1. The van der Waals surface area contributed by atoms with E-state index in [1.54, 1.807) is 0 Å². The Balaban J connectivity index is 2.19. The van der Waals surface area contributed by atoms with Crippen LogP contribution in [0.3, 0.4) is 0 Å². The van der Waals surface area contributed by atoms with Gasteiger partial charge in [-0.2, -0.15) is 15.0 Å². The number of rotatable bonds is 5. The SMILES string of the molecule is CCN(CC)c1nc(Cl)nc(NC2(C)CCCOC2)n1. The average molecular weight is 300 g/mol. The van der Waals surface area contributed by atoms with Crippen molar-refractivity contribution in [3.8, 4) is 0 Å². The van der Waals surface area contributed by atoms with Gasteiger partial charge in [-0.15, -0.1) is 0 Å². The van der Waals surface area contributed by atoms with Crippen LogP contribution in [0.5, 0.6) is 0 Å². The molecule has 1 aromatic rings. The predicted octanol–water partition coefficient (Wildman–Crippen LogP) is 2.35. The molecule has 1 N–H and O–H groups in total. The molecular formula is C13H22ClN5O. The monoisotopic (exact) mass is 299 g/mol. The van der Waals surface area contributed by atoms with Crippen molar-refractivity contribution >= 4 is 23.5 Å². The first kappa shape index (κ1) is 15.3. The lowest BCUT2D eigenvalue weighted by atomic mass is 9.95. The maximum atomic E-state index is 6.01. The van der Waals surface area contributed by atoms with E-state index >= 15 is 0 Å². The Bertz CT molecular complexity index is 446. The van der Waals surface area contributed by atoms with E-state index in [0.717, 1.165) is 32.5 Å². The van der Waals surface area contributed by atoms with Crippen molar-refractivity contribution in [3.05, 3.63) is 5.28 Å². The van der Waals surface area contributed by atoms with Crippen LogP contribution in [0.2, 0.25) is 5.28 Å². The summed E-state index contributed by atoms with van der Waals surface area (Å²) in [5.74, 6) is 1.12. The van der Waals surface area contributed by atoms with Gasteiger partial charge in [-0.1, -0.05) is 0 Å². The van der Waals surface area contributed by atoms with Crippen LogP contribution < -0.4 is 10.2 Å². The number of halogens is 1. The van der Waals surface area contributed by atoms with E-state index in [2.05, 4.69) is 41.0 Å². The van der Waals surface area contributed by atoms with Crippen LogP contribution in [0.25, 0.3) is 0 Å². The summed E-state index contributed by atoms with van der Waals surface area (Å²) in [6.07, 6.45) is 2.06. The minimum Gasteiger partial charge on any atom is -0.379 e. The number of aromatic nitrogens is 3. The lowest BCUT2D eigenvalue weighted by Gasteiger charge is -2.34. The normalized spacial score (nSPS) is 22.6. The molecule has 0 amide bonds. The highest BCUT2D eigenvalue weighted by Gasteiger charge is 2.28. The maximum absolute atomic E-state index is 6.01. The molecule has 0 saturated carbocycles. The van der Waals surface area contributed by atoms with Crippen LogP contribution in [-0.2, 0) is 4.74 Å². The van der Waals surface area contributed by atoms with Crippen molar-refractivity contribution in [2.24, 2.45) is 0 Å². The van der Waals surface area contributed by atoms with Crippen molar-refractivity contribution in [3.63, 3.8) is 0 Å². The Labute approximate surface area is 124 Å². The van der Waals surface area contributed by atoms with Crippen molar-refractivity contribution in [1.82, 2.24) is 15.0 Å². The molecule has 0 radical (unpaired) electrons. The standard InChI is InChI=1S/C13H22ClN5O/c1-4-19(5-2)12-16-10(14)15-11(17-12)18-13(3)7-6-8-20-9-13/h4-9H2,1-3H3,(H,15,16,17,18). The van der Waals surface area contributed by atoms with Crippen LogP contribution in [0.15, 0.2) is 0 Å². The van der Waals surface area contributed by atoms with Gasteiger partial charge < -0.3 is 15.0 Å². The first-order chi connectivity index (χ1) is 9.56. The quantitative estimate of drug-likeness (QED) is 0.900. The van der Waals surface area contributed by atoms with E-state index in [-0.39, 0.29) is 10.8 Å². The summed E-state index contributed by atoms with van der Waals surface area (Å²) >= 11 is 6.01. The molecule has 1 unspecified atom stereocenters. The molecule has 6 nitrogen and oxygen atoms in total. The first-order valence-corrected chi connectivity index (χ1v) is 7.46. The molecule has 0 aliphatic carbocycles. The second kappa shape index (κ2) is 6.54. The average Bonchev–Trinajstić information content (AvgIpc) is 2.39. The second-order valence-electron chi connectivity index (χ2n) is 5.24. The molecule has 1 aromatic heterocycles. The molecule has 2 rings (SSSR count). The van der Waals surface area contributed by atoms with E-state index < -0.39 is 0 Å². The summed E-state index contributed by atoms with van der Waals surface area (Å²) in [4.78, 5) is 14.9. The maximum Gasteiger partial charge on any atom is 0.231 e. The highest BCUT2D eigenvalue weighted by atomic mass is 35.5. The van der Waals surface area contributed by atoms with Crippen molar-refractivity contribution < 1.29 is 4.74 Å². The molecule has 112 valence electrons. The summed E-state index contributed by atoms with van der Waals surface area (Å²) in [5, 5.41) is 3.56. The fraction of sp³-hybridized carbons (Fsp3) is 0.769. The topological polar surface area (TPSA) is 63.2 Å². The number of hydrogen-bond donors (Lipinski definition) is 1. The van der Waals surface area contributed by atoms with E-state index in [0.29, 0.717) is 18.5 Å². The number of hydrogen-bond acceptors (Lipinski definition) is 6. The molecule has 7 heteroatoms. The Hall–Kier alpha value is -1.14. The summed E-state index contributed by atoms with van der Waals surface area (Å²) < 4.78 is 5.53. The third-order valence-corrected chi connectivity index (χ3v) is 3.66. The lowest BCUT2D eigenvalue weighted by Crippen LogP contribution is -2.43. The zero-order valence-electron chi connectivity index (χ0n) is 12.3. The van der Waals surface area contributed by atoms with Gasteiger partial charge in [0.25, 0.3) is 0 Å². The Morgan fingerprint density at radius 2 is 2.05 bits per heavy atom. The molecule has 0 aromatic carbocycles. The van der Waals surface area contributed by atoms with Gasteiger partial charge in [0.05, 0.1) is 12.1 Å². The molecule has 1 fully saturated rings. The summed E-state index contributed by atoms with van der Waals surface area (Å²) in [5.41, 5.74) is -0.149. The van der Waals surface area contributed by atoms with Crippen molar-refractivity contribution in [1.29, 1.82) is 0 Å². The van der Waals surface area contributed by atoms with Crippen LogP contribution in [0.1, 0.15) is 33.6 Å². The highest BCUT2D eigenvalue weighted by molar-refractivity contribution is 6.28. The van der Waals surface area contributed by atoms with Gasteiger partial charge in [0.15, 0.2) is 0 Å². The third kappa shape index (κ3) is 3.70. The number of ether oxygens (including phenoxy) is 1. The first-order valence-electron chi connectivity index (χ1n) is 7.09. The van der Waals surface area contributed by atoms with Crippen LogP contribution in [0.4, 0.5) is 11.9 Å². The summed E-state index contributed by atoms with van der Waals surface area (Å²) in [7, 11) is 0. The summed E-state index contributed by atoms with van der Waals surface area (Å²) in [6.45, 7) is 9.36. The van der Waals surface area contributed by atoms with Gasteiger partial charge >= 0.3 is 0 Å². The van der Waals surface area contributed by atoms with Crippen LogP contribution in [-0.4, -0.2) is 46.8 Å². The fourth-order valence-corrected chi connectivity index (χ4v) is 2.50. The predicted molar refractivity (Wildman–Crippen MR) is 80.5 cm³/mol. The van der Waals surface area contributed by atoms with Gasteiger partial charge in [0, 0.05) is 19.7 Å². The number of nitrogens with zero attached hydrogens (tertiary/aromatic N) is 4. The molecule has 0 spiro atoms. The van der Waals surface area contributed by atoms with Gasteiger partial charge in [-0.05, 0) is 45.2 Å². The minimum absolute atomic E-state index is 0.149. The molecule has 1 saturated heterocycles. The van der Waals surface area contributed by atoms with Gasteiger partial charge in [0.1, 0.15) is 0 Å². The molecular weight excluding hydrogens is 278 g/mol. The largest absolute Gasteiger partial charge is 0.379 e. The van der Waals surface area contributed by atoms with Gasteiger partial charge in [0.2, 0.25) is 17.2 Å². The molecule has 1 aliphatic heterocycles. The van der Waals surface area contributed by atoms with Gasteiger partial charge in [-0.3, -0.25) is 0 Å². The Morgan fingerprint density at radius 1 is 1.30 bits per heavy atom. The zero-order chi connectivity index (χ0) is 14.6. The number of anilines is 2. The summed E-state index contributed by atoms with van der Waals surface area (Å²) in [6, 6.07) is 0. The second-order valence-corrected chi connectivity index (χ2v) is 5.58. The van der Waals surface area contributed by atoms with Crippen LogP contribution in [0, 0.1) is 0 Å². The minimum atomic E-state index is -0.149. The van der Waals surface area contributed by atoms with E-state index in [4.69, 9.17) is 16.3 Å². The fourth-order valence-electron chi connectivity index (χ4n) is 2.35. The van der Waals surface area contributed by atoms with Crippen LogP contribution >= 0.6 is 11.6 Å². The molecule has 1 aliphatic rings. The number of nitrogens with one attached hydrogen (secondary N) is 1. The Morgan fingerprint density at radius 3 is 2.65 bits per heavy atom. The lowest BCUT2D eigenvalue weighted by molar-refractivity contribution is 0.0537. The van der Waals surface area contributed by atoms with E-state index in [1.807, 2.05) is 4.90 Å². The van der Waals surface area contributed by atoms with Gasteiger partial charge in [-0.25, -0.2) is 0 Å².